The van der Waals surface area contributed by atoms with Crippen LogP contribution in [0.2, 0.25) is 0 Å². The largest absolute Gasteiger partial charge is 0.497 e. The smallest absolute Gasteiger partial charge is 0.254 e. The van der Waals surface area contributed by atoms with Crippen LogP contribution in [-0.2, 0) is 20.9 Å². The van der Waals surface area contributed by atoms with Gasteiger partial charge in [-0.2, -0.15) is 0 Å². The molecule has 4 heterocycles. The monoisotopic (exact) mass is 502 g/mol. The topological polar surface area (TPSA) is 118 Å². The Bertz CT molecular complexity index is 1390. The number of ether oxygens (including phenoxy) is 2. The number of benzene rings is 1. The molecule has 0 spiro atoms. The first-order chi connectivity index (χ1) is 17.7. The van der Waals surface area contributed by atoms with Gasteiger partial charge in [0.25, 0.3) is 5.91 Å². The second-order valence-corrected chi connectivity index (χ2v) is 9.44. The molecule has 4 amide bonds. The lowest BCUT2D eigenvalue weighted by Crippen LogP contribution is -2.42. The summed E-state index contributed by atoms with van der Waals surface area (Å²) < 4.78 is 10.6. The number of anilines is 1. The number of methoxy groups -OCH3 is 2. The zero-order valence-electron chi connectivity index (χ0n) is 20.8. The summed E-state index contributed by atoms with van der Waals surface area (Å²) in [5.41, 5.74) is 0.0732. The van der Waals surface area contributed by atoms with Gasteiger partial charge in [-0.1, -0.05) is 12.0 Å². The minimum Gasteiger partial charge on any atom is -0.497 e. The van der Waals surface area contributed by atoms with E-state index in [4.69, 9.17) is 9.47 Å². The SMILES string of the molecule is COc1ccc2c(c1)C(=O)N(C[C@@]1(C#Cc3nc(N4C(=O)CCC4C)ccc3OC)CC(=O)NC1=O)C2. The van der Waals surface area contributed by atoms with Crippen molar-refractivity contribution in [1.82, 2.24) is 15.2 Å². The average Bonchev–Trinajstić information content (AvgIpc) is 3.49. The molecule has 1 aromatic carbocycles. The Labute approximate surface area is 213 Å². The molecule has 10 nitrogen and oxygen atoms in total. The first-order valence-corrected chi connectivity index (χ1v) is 12.0. The number of imide groups is 1. The van der Waals surface area contributed by atoms with Crippen LogP contribution in [0.5, 0.6) is 11.5 Å². The third-order valence-corrected chi connectivity index (χ3v) is 7.02. The second kappa shape index (κ2) is 9.24. The molecule has 2 aromatic rings. The maximum atomic E-state index is 13.1. The first kappa shape index (κ1) is 24.3. The van der Waals surface area contributed by atoms with E-state index in [-0.39, 0.29) is 43.1 Å². The Kier molecular flexibility index (Phi) is 6.07. The summed E-state index contributed by atoms with van der Waals surface area (Å²) in [6, 6.07) is 8.61. The summed E-state index contributed by atoms with van der Waals surface area (Å²) in [5, 5.41) is 2.33. The molecule has 3 aliphatic heterocycles. The first-order valence-electron chi connectivity index (χ1n) is 12.0. The minimum atomic E-state index is -1.46. The molecule has 190 valence electrons. The number of nitrogens with one attached hydrogen (secondary N) is 1. The summed E-state index contributed by atoms with van der Waals surface area (Å²) in [7, 11) is 3.00. The molecule has 0 saturated carbocycles. The normalized spacial score (nSPS) is 22.6. The number of amides is 4. The van der Waals surface area contributed by atoms with Gasteiger partial charge in [-0.15, -0.1) is 0 Å². The van der Waals surface area contributed by atoms with Crippen LogP contribution < -0.4 is 19.7 Å². The number of rotatable bonds is 5. The molecular weight excluding hydrogens is 476 g/mol. The average molecular weight is 503 g/mol. The third-order valence-electron chi connectivity index (χ3n) is 7.02. The molecule has 10 heteroatoms. The Morgan fingerprint density at radius 2 is 1.95 bits per heavy atom. The van der Waals surface area contributed by atoms with Crippen molar-refractivity contribution in [3.05, 3.63) is 47.2 Å². The van der Waals surface area contributed by atoms with Crippen LogP contribution in [0.25, 0.3) is 0 Å². The van der Waals surface area contributed by atoms with Crippen molar-refractivity contribution >= 4 is 29.4 Å². The number of carbonyl (C=O) groups excluding carboxylic acids is 4. The fourth-order valence-corrected chi connectivity index (χ4v) is 5.02. The summed E-state index contributed by atoms with van der Waals surface area (Å²) in [6.45, 7) is 2.17. The maximum absolute atomic E-state index is 13.1. The lowest BCUT2D eigenvalue weighted by molar-refractivity contribution is -0.127. The van der Waals surface area contributed by atoms with Crippen LogP contribution in [0, 0.1) is 17.3 Å². The van der Waals surface area contributed by atoms with Crippen molar-refractivity contribution in [3.8, 4) is 23.3 Å². The van der Waals surface area contributed by atoms with Crippen molar-refractivity contribution in [2.45, 2.75) is 38.8 Å². The molecule has 1 aromatic heterocycles. The Balaban J connectivity index is 1.49. The molecule has 2 saturated heterocycles. The number of pyridine rings is 1. The molecule has 0 radical (unpaired) electrons. The summed E-state index contributed by atoms with van der Waals surface area (Å²) >= 11 is 0. The number of fused-ring (bicyclic) bond motifs is 1. The van der Waals surface area contributed by atoms with Crippen LogP contribution in [0.3, 0.4) is 0 Å². The lowest BCUT2D eigenvalue weighted by Gasteiger charge is -2.26. The number of hydrogen-bond acceptors (Lipinski definition) is 7. The van der Waals surface area contributed by atoms with E-state index in [1.165, 1.54) is 19.1 Å². The zero-order chi connectivity index (χ0) is 26.3. The highest BCUT2D eigenvalue weighted by Crippen LogP contribution is 2.34. The van der Waals surface area contributed by atoms with E-state index in [0.717, 1.165) is 12.0 Å². The number of aromatic nitrogens is 1. The lowest BCUT2D eigenvalue weighted by atomic mass is 9.86. The van der Waals surface area contributed by atoms with Crippen LogP contribution in [0.1, 0.15) is 47.8 Å². The maximum Gasteiger partial charge on any atom is 0.254 e. The number of nitrogens with zero attached hydrogens (tertiary/aromatic N) is 3. The molecule has 1 N–H and O–H groups in total. The molecule has 0 bridgehead atoms. The van der Waals surface area contributed by atoms with E-state index in [9.17, 15) is 19.2 Å². The number of carbonyl (C=O) groups is 4. The van der Waals surface area contributed by atoms with Gasteiger partial charge < -0.3 is 14.4 Å². The predicted octanol–water partition coefficient (Wildman–Crippen LogP) is 1.65. The van der Waals surface area contributed by atoms with Crippen molar-refractivity contribution in [2.24, 2.45) is 5.41 Å². The molecule has 37 heavy (non-hydrogen) atoms. The van der Waals surface area contributed by atoms with Gasteiger partial charge in [0.1, 0.15) is 17.0 Å². The summed E-state index contributed by atoms with van der Waals surface area (Å²) in [4.78, 5) is 58.5. The molecule has 2 fully saturated rings. The minimum absolute atomic E-state index is 0.000197. The van der Waals surface area contributed by atoms with Crippen molar-refractivity contribution in [3.63, 3.8) is 0 Å². The van der Waals surface area contributed by atoms with E-state index in [1.54, 1.807) is 29.2 Å². The van der Waals surface area contributed by atoms with E-state index in [2.05, 4.69) is 22.1 Å². The fourth-order valence-electron chi connectivity index (χ4n) is 5.02. The van der Waals surface area contributed by atoms with Crippen molar-refractivity contribution in [2.75, 3.05) is 25.7 Å². The molecule has 5 rings (SSSR count). The van der Waals surface area contributed by atoms with Gasteiger partial charge in [0, 0.05) is 31.1 Å². The zero-order valence-corrected chi connectivity index (χ0v) is 20.8. The van der Waals surface area contributed by atoms with Crippen molar-refractivity contribution in [1.29, 1.82) is 0 Å². The van der Waals surface area contributed by atoms with Crippen LogP contribution in [-0.4, -0.2) is 60.3 Å². The number of hydrogen-bond donors (Lipinski definition) is 1. The Morgan fingerprint density at radius 1 is 1.14 bits per heavy atom. The van der Waals surface area contributed by atoms with E-state index in [1.807, 2.05) is 13.0 Å². The van der Waals surface area contributed by atoms with Gasteiger partial charge in [0.15, 0.2) is 11.4 Å². The van der Waals surface area contributed by atoms with E-state index >= 15 is 0 Å². The Morgan fingerprint density at radius 3 is 2.59 bits per heavy atom. The van der Waals surface area contributed by atoms with Gasteiger partial charge in [0.2, 0.25) is 17.7 Å². The predicted molar refractivity (Wildman–Crippen MR) is 132 cm³/mol. The van der Waals surface area contributed by atoms with Gasteiger partial charge in [-0.3, -0.25) is 29.4 Å². The molecule has 2 atom stereocenters. The van der Waals surface area contributed by atoms with Gasteiger partial charge in [0.05, 0.1) is 20.6 Å². The fraction of sp³-hybridized carbons (Fsp3) is 0.370. The van der Waals surface area contributed by atoms with E-state index in [0.29, 0.717) is 29.3 Å². The Hall–Kier alpha value is -4.39. The highest BCUT2D eigenvalue weighted by atomic mass is 16.5. The molecule has 1 unspecified atom stereocenters. The van der Waals surface area contributed by atoms with E-state index < -0.39 is 17.2 Å². The summed E-state index contributed by atoms with van der Waals surface area (Å²) in [5.74, 6) is 5.94. The van der Waals surface area contributed by atoms with Crippen LogP contribution in [0.15, 0.2) is 30.3 Å². The molecule has 0 aliphatic carbocycles. The quantitative estimate of drug-likeness (QED) is 0.488. The third kappa shape index (κ3) is 4.27. The highest BCUT2D eigenvalue weighted by Gasteiger charge is 2.48. The molecule has 3 aliphatic rings. The summed E-state index contributed by atoms with van der Waals surface area (Å²) in [6.07, 6.45) is 0.989. The highest BCUT2D eigenvalue weighted by molar-refractivity contribution is 6.08. The van der Waals surface area contributed by atoms with Crippen LogP contribution in [0.4, 0.5) is 5.82 Å². The van der Waals surface area contributed by atoms with Crippen molar-refractivity contribution < 1.29 is 28.7 Å². The standard InChI is InChI=1S/C27H26N4O6/c1-16-4-9-24(33)31(16)22-8-7-21(37-3)20(28-22)10-11-27(13-23(32)29-26(27)35)15-30-14-17-5-6-18(36-2)12-19(17)25(30)34/h5-8,12,16H,4,9,13-15H2,1-3H3,(H,29,32,35)/t16?,27-/m1/s1. The van der Waals surface area contributed by atoms with Gasteiger partial charge in [-0.25, -0.2) is 4.98 Å². The second-order valence-electron chi connectivity index (χ2n) is 9.44. The van der Waals surface area contributed by atoms with Crippen LogP contribution >= 0.6 is 0 Å². The van der Waals surface area contributed by atoms with Gasteiger partial charge >= 0.3 is 0 Å². The molecular formula is C27H26N4O6. The van der Waals surface area contributed by atoms with Gasteiger partial charge in [-0.05, 0) is 49.1 Å².